The van der Waals surface area contributed by atoms with E-state index < -0.39 is 74.8 Å². The van der Waals surface area contributed by atoms with E-state index in [9.17, 15) is 27.6 Å². The number of carbonyl (C=O) groups is 4. The first-order valence-electron chi connectivity index (χ1n) is 21.0. The Labute approximate surface area is 353 Å². The summed E-state index contributed by atoms with van der Waals surface area (Å²) in [6.45, 7) is 7.89. The highest BCUT2D eigenvalue weighted by Gasteiger charge is 2.62. The van der Waals surface area contributed by atoms with Crippen LogP contribution in [0.3, 0.4) is 0 Å². The second-order valence-corrected chi connectivity index (χ2v) is 19.7. The first-order chi connectivity index (χ1) is 28.8. The minimum atomic E-state index is -3.92. The average Bonchev–Trinajstić information content (AvgIpc) is 4.03. The lowest BCUT2D eigenvalue weighted by Crippen LogP contribution is -2.60. The van der Waals surface area contributed by atoms with E-state index in [1.54, 1.807) is 13.2 Å². The van der Waals surface area contributed by atoms with Crippen molar-refractivity contribution in [1.29, 1.82) is 0 Å². The number of hydrogen-bond acceptors (Lipinski definition) is 13. The molecule has 2 aliphatic heterocycles. The molecule has 3 aromatic rings. The summed E-state index contributed by atoms with van der Waals surface area (Å²) < 4.78 is 46.1. The van der Waals surface area contributed by atoms with Crippen LogP contribution in [0.1, 0.15) is 90.9 Å². The third-order valence-corrected chi connectivity index (χ3v) is 14.8. The Morgan fingerprint density at radius 3 is 2.47 bits per heavy atom. The summed E-state index contributed by atoms with van der Waals surface area (Å²) in [4.78, 5) is 67.5. The number of nitrogens with one attached hydrogen (secondary N) is 4. The van der Waals surface area contributed by atoms with Crippen LogP contribution in [0.15, 0.2) is 42.3 Å². The Kier molecular flexibility index (Phi) is 11.7. The number of thiazole rings is 1. The number of rotatable bonds is 14. The molecule has 322 valence electrons. The molecule has 2 saturated heterocycles. The van der Waals surface area contributed by atoms with Gasteiger partial charge in [0.25, 0.3) is 5.91 Å². The van der Waals surface area contributed by atoms with Gasteiger partial charge in [-0.05, 0) is 83.8 Å². The lowest BCUT2D eigenvalue weighted by atomic mass is 9.97. The number of amides is 4. The van der Waals surface area contributed by atoms with Gasteiger partial charge in [-0.25, -0.2) is 23.2 Å². The maximum atomic E-state index is 14.8. The molecule has 3 saturated carbocycles. The highest BCUT2D eigenvalue weighted by molar-refractivity contribution is 7.91. The minimum absolute atomic E-state index is 0.0484. The van der Waals surface area contributed by atoms with Gasteiger partial charge in [0, 0.05) is 41.3 Å². The third-order valence-electron chi connectivity index (χ3n) is 12.2. The van der Waals surface area contributed by atoms with Gasteiger partial charge in [-0.3, -0.25) is 19.1 Å². The quantitative estimate of drug-likeness (QED) is 0.155. The molecule has 8 rings (SSSR count). The lowest BCUT2D eigenvalue weighted by Gasteiger charge is -2.36. The van der Waals surface area contributed by atoms with Crippen LogP contribution in [0.5, 0.6) is 11.5 Å². The summed E-state index contributed by atoms with van der Waals surface area (Å²) >= 11 is 1.46. The molecule has 2 aromatic heterocycles. The molecule has 18 heteroatoms. The summed E-state index contributed by atoms with van der Waals surface area (Å²) in [6, 6.07) is 4.74. The molecule has 4 N–H and O–H groups in total. The number of ether oxygens (including phenoxy) is 3. The van der Waals surface area contributed by atoms with Crippen LogP contribution in [0, 0.1) is 5.92 Å². The second kappa shape index (κ2) is 16.8. The van der Waals surface area contributed by atoms with Gasteiger partial charge in [-0.1, -0.05) is 18.9 Å². The number of nitrogens with zero attached hydrogens (tertiary/aromatic N) is 3. The third kappa shape index (κ3) is 8.62. The van der Waals surface area contributed by atoms with Gasteiger partial charge >= 0.3 is 6.09 Å². The molecule has 4 heterocycles. The number of aromatic nitrogens is 2. The van der Waals surface area contributed by atoms with Crippen LogP contribution in [0.25, 0.3) is 22.3 Å². The molecular weight excluding hydrogens is 811 g/mol. The van der Waals surface area contributed by atoms with Gasteiger partial charge in [-0.15, -0.1) is 17.9 Å². The van der Waals surface area contributed by atoms with Crippen molar-refractivity contribution in [3.63, 3.8) is 0 Å². The van der Waals surface area contributed by atoms with Gasteiger partial charge in [0.15, 0.2) is 5.13 Å². The van der Waals surface area contributed by atoms with Gasteiger partial charge in [0.1, 0.15) is 47.0 Å². The summed E-state index contributed by atoms with van der Waals surface area (Å²) in [5.74, 6) is -1.38. The number of carbonyl (C=O) groups excluding carboxylic acids is 4. The van der Waals surface area contributed by atoms with Crippen molar-refractivity contribution in [3.05, 3.63) is 42.3 Å². The predicted octanol–water partition coefficient (Wildman–Crippen LogP) is 5.18. The van der Waals surface area contributed by atoms with Crippen LogP contribution in [0.2, 0.25) is 0 Å². The molecule has 16 nitrogen and oxygen atoms in total. The SMILES string of the molecule is C=C[C@@H]1CC1(NC(=O)[C@@H]1C[C@@H](Oc2cc(-c3csc(NC(C)C)n3)nc3cc(OC)ccc23)C2CCCCC(NC(=O)OC3CCCC3)C(=O)N21)C(=O)NS(=O)(=O)C1CC1. The lowest BCUT2D eigenvalue weighted by molar-refractivity contribution is -0.144. The van der Waals surface area contributed by atoms with E-state index in [2.05, 4.69) is 27.3 Å². The fourth-order valence-electron chi connectivity index (χ4n) is 8.79. The van der Waals surface area contributed by atoms with E-state index in [4.69, 9.17) is 24.2 Å². The van der Waals surface area contributed by atoms with E-state index >= 15 is 0 Å². The molecule has 60 heavy (non-hydrogen) atoms. The van der Waals surface area contributed by atoms with Crippen LogP contribution < -0.4 is 30.1 Å². The first kappa shape index (κ1) is 41.8. The number of alkyl carbamates (subject to hydrolysis) is 1. The number of benzene rings is 1. The molecule has 0 spiro atoms. The summed E-state index contributed by atoms with van der Waals surface area (Å²) in [5, 5.41) is 11.7. The number of methoxy groups -OCH3 is 1. The van der Waals surface area contributed by atoms with Gasteiger partial charge in [-0.2, -0.15) is 0 Å². The Hall–Kier alpha value is -4.97. The van der Waals surface area contributed by atoms with Crippen molar-refractivity contribution >= 4 is 61.2 Å². The molecule has 6 atom stereocenters. The zero-order valence-electron chi connectivity index (χ0n) is 34.1. The molecule has 5 fully saturated rings. The number of fused-ring (bicyclic) bond motifs is 2. The minimum Gasteiger partial charge on any atom is -0.497 e. The standard InChI is InChI=1S/C42H53N7O9S2/c1-5-24-21-42(24,39(52)48-60(54,55)27-15-16-27)47-37(50)34-20-36(33-13-9-8-12-29(38(51)49(33)34)46-41(53)57-25-10-6-7-11-25)58-35-19-31(32-22-59-40(45-32)43-23(2)3)44-30-18-26(56-4)14-17-28(30)35/h5,14,17-19,22-25,27,29,33-34,36H,1,6-13,15-16,20-21H2,2-4H3,(H,43,45)(H,46,53)(H,47,50)(H,48,52)/t24-,29?,33?,34+,36-,42?/m1/s1. The molecule has 5 aliphatic rings. The number of hydrogen-bond donors (Lipinski definition) is 4. The summed E-state index contributed by atoms with van der Waals surface area (Å²) in [6.07, 6.45) is 6.65. The van der Waals surface area contributed by atoms with Crippen LogP contribution in [-0.4, -0.2) is 101 Å². The molecule has 0 radical (unpaired) electrons. The monoisotopic (exact) mass is 863 g/mol. The largest absolute Gasteiger partial charge is 0.497 e. The van der Waals surface area contributed by atoms with Crippen LogP contribution in [-0.2, 0) is 29.1 Å². The zero-order chi connectivity index (χ0) is 42.3. The molecule has 0 bridgehead atoms. The second-order valence-electron chi connectivity index (χ2n) is 16.9. The van der Waals surface area contributed by atoms with Crippen molar-refractivity contribution < 1.29 is 41.8 Å². The van der Waals surface area contributed by atoms with Gasteiger partial charge in [0.2, 0.25) is 21.8 Å². The Balaban J connectivity index is 1.13. The maximum Gasteiger partial charge on any atom is 0.408 e. The number of pyridine rings is 1. The Morgan fingerprint density at radius 1 is 1.02 bits per heavy atom. The number of anilines is 1. The Morgan fingerprint density at radius 2 is 1.77 bits per heavy atom. The van der Waals surface area contributed by atoms with Crippen LogP contribution in [0.4, 0.5) is 9.93 Å². The van der Waals surface area contributed by atoms with Crippen molar-refractivity contribution in [1.82, 2.24) is 30.2 Å². The topological polar surface area (TPSA) is 207 Å². The predicted molar refractivity (Wildman–Crippen MR) is 225 cm³/mol. The first-order valence-corrected chi connectivity index (χ1v) is 23.4. The van der Waals surface area contributed by atoms with Gasteiger partial charge in [0.05, 0.1) is 29.6 Å². The fourth-order valence-corrected chi connectivity index (χ4v) is 11.0. The number of sulfonamides is 1. The van der Waals surface area contributed by atoms with E-state index in [-0.39, 0.29) is 25.0 Å². The molecule has 1 aromatic carbocycles. The van der Waals surface area contributed by atoms with E-state index in [0.29, 0.717) is 72.3 Å². The van der Waals surface area contributed by atoms with Crippen molar-refractivity contribution in [2.45, 2.75) is 138 Å². The van der Waals surface area contributed by atoms with Crippen molar-refractivity contribution in [3.8, 4) is 22.9 Å². The molecule has 3 unspecified atom stereocenters. The average molecular weight is 864 g/mol. The Bertz CT molecular complexity index is 2280. The normalized spacial score (nSPS) is 26.8. The van der Waals surface area contributed by atoms with E-state index in [1.807, 2.05) is 37.4 Å². The molecular formula is C42H53N7O9S2. The molecule has 3 aliphatic carbocycles. The van der Waals surface area contributed by atoms with Crippen molar-refractivity contribution in [2.24, 2.45) is 5.92 Å². The van der Waals surface area contributed by atoms with Crippen LogP contribution >= 0.6 is 11.3 Å². The fraction of sp³-hybridized carbons (Fsp3) is 0.571. The maximum absolute atomic E-state index is 14.8. The highest BCUT2D eigenvalue weighted by atomic mass is 32.2. The van der Waals surface area contributed by atoms with Crippen molar-refractivity contribution in [2.75, 3.05) is 12.4 Å². The van der Waals surface area contributed by atoms with E-state index in [1.165, 1.54) is 22.3 Å². The van der Waals surface area contributed by atoms with Gasteiger partial charge < -0.3 is 35.1 Å². The zero-order valence-corrected chi connectivity index (χ0v) is 35.7. The molecule has 4 amide bonds. The highest BCUT2D eigenvalue weighted by Crippen LogP contribution is 2.46. The van der Waals surface area contributed by atoms with E-state index in [0.717, 1.165) is 30.8 Å². The summed E-state index contributed by atoms with van der Waals surface area (Å²) in [7, 11) is -2.34. The summed E-state index contributed by atoms with van der Waals surface area (Å²) in [5.41, 5.74) is 0.223. The smallest absolute Gasteiger partial charge is 0.408 e.